The Balaban J connectivity index is 1.29. The van der Waals surface area contributed by atoms with E-state index in [1.54, 1.807) is 11.3 Å². The molecule has 168 valence electrons. The lowest BCUT2D eigenvalue weighted by Crippen LogP contribution is -2.51. The highest BCUT2D eigenvalue weighted by atomic mass is 32.2. The van der Waals surface area contributed by atoms with Gasteiger partial charge < -0.3 is 14.2 Å². The summed E-state index contributed by atoms with van der Waals surface area (Å²) in [6.45, 7) is 6.13. The van der Waals surface area contributed by atoms with Crippen LogP contribution in [0.25, 0.3) is 10.7 Å². The normalized spacial score (nSPS) is 20.9. The summed E-state index contributed by atoms with van der Waals surface area (Å²) in [5.74, 6) is 1.67. The number of thiophene rings is 1. The summed E-state index contributed by atoms with van der Waals surface area (Å²) >= 11 is 3.04. The van der Waals surface area contributed by atoms with Gasteiger partial charge in [-0.2, -0.15) is 0 Å². The van der Waals surface area contributed by atoms with Gasteiger partial charge in [0.1, 0.15) is 6.61 Å². The Morgan fingerprint density at radius 3 is 2.81 bits per heavy atom. The van der Waals surface area contributed by atoms with Crippen molar-refractivity contribution in [2.75, 3.05) is 25.4 Å². The van der Waals surface area contributed by atoms with E-state index in [1.165, 1.54) is 11.8 Å². The van der Waals surface area contributed by atoms with Gasteiger partial charge in [-0.05, 0) is 30.2 Å². The molecule has 31 heavy (non-hydrogen) atoms. The van der Waals surface area contributed by atoms with E-state index in [0.29, 0.717) is 31.4 Å². The molecule has 10 heteroatoms. The molecule has 2 aliphatic rings. The van der Waals surface area contributed by atoms with Gasteiger partial charge in [-0.1, -0.05) is 38.1 Å². The van der Waals surface area contributed by atoms with Crippen molar-refractivity contribution < 1.29 is 14.3 Å². The molecule has 0 saturated carbocycles. The van der Waals surface area contributed by atoms with Crippen LogP contribution in [0.15, 0.2) is 22.7 Å². The molecule has 0 aliphatic carbocycles. The molecule has 0 N–H and O–H groups in total. The zero-order valence-electron chi connectivity index (χ0n) is 18.2. The SMILES string of the molecule is CCC(C)C1COC(=O)N1C1CCN(C(=O)CSc2nnc(-c3cccs3)n2C)CC1. The average Bonchev–Trinajstić information content (AvgIpc) is 3.52. The van der Waals surface area contributed by atoms with Gasteiger partial charge in [0, 0.05) is 26.2 Å². The van der Waals surface area contributed by atoms with Gasteiger partial charge in [0.15, 0.2) is 11.0 Å². The zero-order valence-corrected chi connectivity index (χ0v) is 19.8. The Bertz CT molecular complexity index is 908. The maximum Gasteiger partial charge on any atom is 0.410 e. The van der Waals surface area contributed by atoms with Gasteiger partial charge in [0.25, 0.3) is 0 Å². The minimum atomic E-state index is -0.200. The Morgan fingerprint density at radius 1 is 1.35 bits per heavy atom. The summed E-state index contributed by atoms with van der Waals surface area (Å²) in [5, 5.41) is 11.3. The summed E-state index contributed by atoms with van der Waals surface area (Å²) in [5.41, 5.74) is 0. The van der Waals surface area contributed by atoms with Crippen LogP contribution in [0.5, 0.6) is 0 Å². The number of likely N-dealkylation sites (tertiary alicyclic amines) is 1. The van der Waals surface area contributed by atoms with E-state index in [9.17, 15) is 9.59 Å². The molecule has 2 amide bonds. The molecule has 4 heterocycles. The Morgan fingerprint density at radius 2 is 2.13 bits per heavy atom. The fraction of sp³-hybridized carbons (Fsp3) is 0.619. The van der Waals surface area contributed by atoms with Crippen molar-refractivity contribution in [3.05, 3.63) is 17.5 Å². The summed E-state index contributed by atoms with van der Waals surface area (Å²) in [4.78, 5) is 30.0. The molecule has 0 bridgehead atoms. The van der Waals surface area contributed by atoms with Crippen LogP contribution in [0.1, 0.15) is 33.1 Å². The van der Waals surface area contributed by atoms with Gasteiger partial charge in [0.05, 0.1) is 16.7 Å². The van der Waals surface area contributed by atoms with Crippen LogP contribution < -0.4 is 0 Å². The van der Waals surface area contributed by atoms with Crippen molar-refractivity contribution in [3.63, 3.8) is 0 Å². The highest BCUT2D eigenvalue weighted by Gasteiger charge is 2.41. The second kappa shape index (κ2) is 9.60. The van der Waals surface area contributed by atoms with Gasteiger partial charge in [0.2, 0.25) is 5.91 Å². The topological polar surface area (TPSA) is 80.6 Å². The first-order valence-corrected chi connectivity index (χ1v) is 12.6. The third-order valence-corrected chi connectivity index (χ3v) is 8.23. The van der Waals surface area contributed by atoms with Gasteiger partial charge in [-0.3, -0.25) is 9.69 Å². The van der Waals surface area contributed by atoms with Crippen molar-refractivity contribution in [1.82, 2.24) is 24.6 Å². The number of aromatic nitrogens is 3. The van der Waals surface area contributed by atoms with E-state index in [0.717, 1.165) is 35.1 Å². The van der Waals surface area contributed by atoms with E-state index < -0.39 is 0 Å². The van der Waals surface area contributed by atoms with Crippen LogP contribution in [-0.2, 0) is 16.6 Å². The number of piperidine rings is 1. The summed E-state index contributed by atoms with van der Waals surface area (Å²) in [6.07, 6.45) is 2.41. The molecule has 2 aromatic rings. The molecule has 2 atom stereocenters. The number of nitrogens with zero attached hydrogens (tertiary/aromatic N) is 5. The van der Waals surface area contributed by atoms with Crippen molar-refractivity contribution in [2.45, 2.75) is 50.4 Å². The summed E-state index contributed by atoms with van der Waals surface area (Å²) < 4.78 is 7.28. The first kappa shape index (κ1) is 22.1. The van der Waals surface area contributed by atoms with E-state index in [-0.39, 0.29) is 24.1 Å². The molecule has 0 aromatic carbocycles. The number of hydrogen-bond donors (Lipinski definition) is 0. The van der Waals surface area contributed by atoms with Gasteiger partial charge in [-0.25, -0.2) is 4.79 Å². The quantitative estimate of drug-likeness (QED) is 0.585. The first-order valence-electron chi connectivity index (χ1n) is 10.8. The monoisotopic (exact) mass is 463 g/mol. The second-order valence-electron chi connectivity index (χ2n) is 8.18. The Hall–Kier alpha value is -2.07. The number of ether oxygens (including phenoxy) is 1. The van der Waals surface area contributed by atoms with Crippen LogP contribution >= 0.6 is 23.1 Å². The first-order chi connectivity index (χ1) is 15.0. The van der Waals surface area contributed by atoms with Crippen LogP contribution in [0.3, 0.4) is 0 Å². The number of carbonyl (C=O) groups is 2. The maximum absolute atomic E-state index is 12.8. The molecule has 2 aliphatic heterocycles. The maximum atomic E-state index is 12.8. The van der Waals surface area contributed by atoms with Crippen molar-refractivity contribution in [1.29, 1.82) is 0 Å². The van der Waals surface area contributed by atoms with Crippen molar-refractivity contribution in [2.24, 2.45) is 13.0 Å². The average molecular weight is 464 g/mol. The van der Waals surface area contributed by atoms with Gasteiger partial charge in [-0.15, -0.1) is 21.5 Å². The highest BCUT2D eigenvalue weighted by molar-refractivity contribution is 7.99. The minimum absolute atomic E-state index is 0.103. The fourth-order valence-corrected chi connectivity index (χ4v) is 5.81. The molecule has 2 fully saturated rings. The molecule has 0 radical (unpaired) electrons. The van der Waals surface area contributed by atoms with E-state index >= 15 is 0 Å². The van der Waals surface area contributed by atoms with Crippen LogP contribution in [0.2, 0.25) is 0 Å². The predicted molar refractivity (Wildman–Crippen MR) is 121 cm³/mol. The molecule has 2 aromatic heterocycles. The van der Waals surface area contributed by atoms with E-state index in [1.807, 2.05) is 38.9 Å². The third-order valence-electron chi connectivity index (χ3n) is 6.36. The van der Waals surface area contributed by atoms with Gasteiger partial charge >= 0.3 is 6.09 Å². The molecular formula is C21H29N5O3S2. The predicted octanol–water partition coefficient (Wildman–Crippen LogP) is 3.49. The van der Waals surface area contributed by atoms with E-state index in [2.05, 4.69) is 24.0 Å². The Labute approximate surface area is 190 Å². The number of amides is 2. The Kier molecular flexibility index (Phi) is 6.86. The molecular weight excluding hydrogens is 434 g/mol. The standard InChI is InChI=1S/C21H29N5O3S2/c1-4-14(2)16-12-29-21(28)26(16)15-7-9-25(10-8-15)18(27)13-31-20-23-22-19(24(20)3)17-6-5-11-30-17/h5-6,11,14-16H,4,7-10,12-13H2,1-3H3. The van der Waals surface area contributed by atoms with Crippen LogP contribution in [-0.4, -0.2) is 74.1 Å². The zero-order chi connectivity index (χ0) is 22.0. The number of hydrogen-bond acceptors (Lipinski definition) is 7. The lowest BCUT2D eigenvalue weighted by atomic mass is 9.95. The molecule has 8 nitrogen and oxygen atoms in total. The van der Waals surface area contributed by atoms with E-state index in [4.69, 9.17) is 4.74 Å². The molecule has 0 spiro atoms. The summed E-state index contributed by atoms with van der Waals surface area (Å²) in [6, 6.07) is 4.30. The number of thioether (sulfide) groups is 1. The minimum Gasteiger partial charge on any atom is -0.447 e. The van der Waals surface area contributed by atoms with Crippen molar-refractivity contribution >= 4 is 35.1 Å². The number of carbonyl (C=O) groups excluding carboxylic acids is 2. The third kappa shape index (κ3) is 4.59. The largest absolute Gasteiger partial charge is 0.447 e. The fourth-order valence-electron chi connectivity index (χ4n) is 4.25. The summed E-state index contributed by atoms with van der Waals surface area (Å²) in [7, 11) is 1.93. The number of cyclic esters (lactones) is 1. The van der Waals surface area contributed by atoms with Crippen LogP contribution in [0.4, 0.5) is 4.79 Å². The smallest absolute Gasteiger partial charge is 0.410 e. The molecule has 2 unspecified atom stereocenters. The molecule has 2 saturated heterocycles. The highest BCUT2D eigenvalue weighted by Crippen LogP contribution is 2.30. The lowest BCUT2D eigenvalue weighted by Gasteiger charge is -2.39. The lowest BCUT2D eigenvalue weighted by molar-refractivity contribution is -0.129. The second-order valence-corrected chi connectivity index (χ2v) is 10.1. The number of rotatable bonds is 7. The molecule has 4 rings (SSSR count). The van der Waals surface area contributed by atoms with Crippen molar-refractivity contribution in [3.8, 4) is 10.7 Å². The van der Waals surface area contributed by atoms with Crippen LogP contribution in [0, 0.1) is 5.92 Å².